The molecule has 0 saturated carbocycles. The van der Waals surface area contributed by atoms with Crippen LogP contribution in [0, 0.1) is 0 Å². The van der Waals surface area contributed by atoms with Crippen LogP contribution in [0.2, 0.25) is 0 Å². The van der Waals surface area contributed by atoms with Crippen LogP contribution in [-0.4, -0.2) is 37.1 Å². The molecule has 232 valence electrons. The summed E-state index contributed by atoms with van der Waals surface area (Å²) < 4.78 is 32.0. The molecule has 0 aliphatic rings. The molecule has 4 aromatic carbocycles. The number of carbonyl (C=O) groups excluding carboxylic acids is 2. The van der Waals surface area contributed by atoms with E-state index in [4.69, 9.17) is 4.55 Å². The number of thiophene rings is 1. The second kappa shape index (κ2) is 13.4. The first-order chi connectivity index (χ1) is 21.4. The molecule has 7 nitrogen and oxygen atoms in total. The maximum Gasteiger partial charge on any atom is 0.266 e. The first-order valence-electron chi connectivity index (χ1n) is 14.7. The van der Waals surface area contributed by atoms with Crippen LogP contribution in [0.1, 0.15) is 53.7 Å². The van der Waals surface area contributed by atoms with Crippen molar-refractivity contribution in [1.82, 2.24) is 5.32 Å². The van der Waals surface area contributed by atoms with Crippen molar-refractivity contribution in [3.63, 3.8) is 0 Å². The lowest BCUT2D eigenvalue weighted by atomic mass is 9.84. The number of carbonyl (C=O) groups is 2. The summed E-state index contributed by atoms with van der Waals surface area (Å²) in [5, 5.41) is 6.80. The van der Waals surface area contributed by atoms with Gasteiger partial charge in [-0.2, -0.15) is 8.42 Å². The highest BCUT2D eigenvalue weighted by molar-refractivity contribution is 7.85. The third kappa shape index (κ3) is 8.45. The summed E-state index contributed by atoms with van der Waals surface area (Å²) in [6.45, 7) is 6.25. The molecule has 0 aliphatic heterocycles. The van der Waals surface area contributed by atoms with E-state index in [1.165, 1.54) is 20.5 Å². The van der Waals surface area contributed by atoms with E-state index in [9.17, 15) is 18.0 Å². The Kier molecular flexibility index (Phi) is 9.53. The summed E-state index contributed by atoms with van der Waals surface area (Å²) in [7, 11) is -4.16. The van der Waals surface area contributed by atoms with Crippen LogP contribution in [0.3, 0.4) is 0 Å². The van der Waals surface area contributed by atoms with Crippen molar-refractivity contribution < 1.29 is 22.6 Å². The maximum absolute atomic E-state index is 13.8. The lowest BCUT2D eigenvalue weighted by molar-refractivity contribution is -0.117. The van der Waals surface area contributed by atoms with Crippen molar-refractivity contribution in [2.24, 2.45) is 0 Å². The largest absolute Gasteiger partial charge is 0.351 e. The molecule has 5 rings (SSSR count). The Balaban J connectivity index is 1.33. The number of anilines is 1. The molecule has 5 aromatic rings. The third-order valence-corrected chi connectivity index (χ3v) is 9.54. The van der Waals surface area contributed by atoms with Crippen LogP contribution in [-0.2, 0) is 26.7 Å². The first-order valence-corrected chi connectivity index (χ1v) is 17.1. The Morgan fingerprint density at radius 3 is 2.16 bits per heavy atom. The lowest BCUT2D eigenvalue weighted by Crippen LogP contribution is -2.28. The van der Waals surface area contributed by atoms with Crippen molar-refractivity contribution in [2.45, 2.75) is 38.5 Å². The van der Waals surface area contributed by atoms with Gasteiger partial charge in [-0.25, -0.2) is 0 Å². The maximum atomic E-state index is 13.8. The number of nitrogens with one attached hydrogen (secondary N) is 2. The normalized spacial score (nSPS) is 12.5. The summed E-state index contributed by atoms with van der Waals surface area (Å²) in [5.41, 5.74) is 5.04. The predicted octanol–water partition coefficient (Wildman–Crippen LogP) is 7.45. The standard InChI is InChI=1S/C36H36N2O5S2/c1-36(2,3)29-16-12-25(13-17-29)31(22-24-8-10-27(11-9-24)34(39)37-20-21-45(41,42)43)35(40)38-30-18-14-26(15-19-30)33-23-28-6-4-5-7-32(28)44-33/h4-19,23,31H,20-22H2,1-3H3,(H,37,39)(H,38,40)(H,41,42,43). The fourth-order valence-corrected chi connectivity index (χ4v) is 6.50. The van der Waals surface area contributed by atoms with Gasteiger partial charge < -0.3 is 10.6 Å². The van der Waals surface area contributed by atoms with Crippen molar-refractivity contribution in [1.29, 1.82) is 0 Å². The highest BCUT2D eigenvalue weighted by Gasteiger charge is 2.23. The van der Waals surface area contributed by atoms with Crippen LogP contribution >= 0.6 is 11.3 Å². The third-order valence-electron chi connectivity index (χ3n) is 7.66. The summed E-state index contributed by atoms with van der Waals surface area (Å²) in [4.78, 5) is 27.4. The molecule has 1 atom stereocenters. The van der Waals surface area contributed by atoms with Gasteiger partial charge in [0.2, 0.25) is 5.91 Å². The van der Waals surface area contributed by atoms with Crippen molar-refractivity contribution >= 4 is 49.0 Å². The molecule has 45 heavy (non-hydrogen) atoms. The van der Waals surface area contributed by atoms with Gasteiger partial charge in [0.05, 0.1) is 11.7 Å². The quantitative estimate of drug-likeness (QED) is 0.137. The summed E-state index contributed by atoms with van der Waals surface area (Å²) in [6, 6.07) is 33.4. The molecule has 0 fully saturated rings. The molecule has 0 aliphatic carbocycles. The van der Waals surface area contributed by atoms with Gasteiger partial charge in [0.1, 0.15) is 0 Å². The van der Waals surface area contributed by atoms with Crippen LogP contribution in [0.5, 0.6) is 0 Å². The Morgan fingerprint density at radius 1 is 0.867 bits per heavy atom. The SMILES string of the molecule is CC(C)(C)c1ccc(C(Cc2ccc(C(=O)NCCS(=O)(=O)O)cc2)C(=O)Nc2ccc(-c3cc4ccccc4s3)cc2)cc1. The molecule has 1 unspecified atom stereocenters. The first kappa shape index (κ1) is 32.1. The minimum atomic E-state index is -4.16. The van der Waals surface area contributed by atoms with Gasteiger partial charge in [0.15, 0.2) is 0 Å². The molecule has 0 bridgehead atoms. The van der Waals surface area contributed by atoms with E-state index < -0.39 is 27.7 Å². The molecule has 1 heterocycles. The van der Waals surface area contributed by atoms with Crippen LogP contribution < -0.4 is 10.6 Å². The van der Waals surface area contributed by atoms with E-state index in [1.54, 1.807) is 35.6 Å². The summed E-state index contributed by atoms with van der Waals surface area (Å²) in [5.74, 6) is -1.64. The van der Waals surface area contributed by atoms with E-state index in [-0.39, 0.29) is 17.9 Å². The van der Waals surface area contributed by atoms with Gasteiger partial charge in [0, 0.05) is 27.4 Å². The van der Waals surface area contributed by atoms with Gasteiger partial charge in [-0.1, -0.05) is 87.5 Å². The highest BCUT2D eigenvalue weighted by Crippen LogP contribution is 2.34. The predicted molar refractivity (Wildman–Crippen MR) is 183 cm³/mol. The summed E-state index contributed by atoms with van der Waals surface area (Å²) in [6.07, 6.45) is 0.408. The molecule has 0 radical (unpaired) electrons. The molecule has 1 aromatic heterocycles. The van der Waals surface area contributed by atoms with Gasteiger partial charge >= 0.3 is 0 Å². The van der Waals surface area contributed by atoms with E-state index in [0.29, 0.717) is 17.7 Å². The highest BCUT2D eigenvalue weighted by atomic mass is 32.2. The van der Waals surface area contributed by atoms with E-state index in [0.717, 1.165) is 16.7 Å². The zero-order valence-corrected chi connectivity index (χ0v) is 27.0. The van der Waals surface area contributed by atoms with E-state index in [1.807, 2.05) is 48.5 Å². The lowest BCUT2D eigenvalue weighted by Gasteiger charge is -2.22. The van der Waals surface area contributed by atoms with Crippen molar-refractivity contribution in [3.05, 3.63) is 125 Å². The molecular weight excluding hydrogens is 605 g/mol. The van der Waals surface area contributed by atoms with Gasteiger partial charge in [-0.05, 0) is 75.9 Å². The average molecular weight is 641 g/mol. The van der Waals surface area contributed by atoms with Crippen LogP contribution in [0.25, 0.3) is 20.5 Å². The molecule has 9 heteroatoms. The fraction of sp³-hybridized carbons (Fsp3) is 0.222. The second-order valence-electron chi connectivity index (χ2n) is 12.1. The Labute approximate surface area is 268 Å². The number of fused-ring (bicyclic) bond motifs is 1. The number of benzene rings is 4. The Bertz CT molecular complexity index is 1870. The van der Waals surface area contributed by atoms with E-state index >= 15 is 0 Å². The monoisotopic (exact) mass is 640 g/mol. The van der Waals surface area contributed by atoms with Crippen molar-refractivity contribution in [2.75, 3.05) is 17.6 Å². The number of rotatable bonds is 10. The molecule has 2 amide bonds. The number of hydrogen-bond acceptors (Lipinski definition) is 5. The van der Waals surface area contributed by atoms with Crippen LogP contribution in [0.4, 0.5) is 5.69 Å². The Morgan fingerprint density at radius 2 is 1.53 bits per heavy atom. The summed E-state index contributed by atoms with van der Waals surface area (Å²) >= 11 is 1.74. The average Bonchev–Trinajstić information content (AvgIpc) is 3.44. The van der Waals surface area contributed by atoms with Crippen LogP contribution in [0.15, 0.2) is 103 Å². The van der Waals surface area contributed by atoms with Gasteiger partial charge in [0.25, 0.3) is 16.0 Å². The smallest absolute Gasteiger partial charge is 0.266 e. The number of hydrogen-bond donors (Lipinski definition) is 3. The minimum absolute atomic E-state index is 0.0236. The zero-order valence-electron chi connectivity index (χ0n) is 25.4. The minimum Gasteiger partial charge on any atom is -0.351 e. The fourth-order valence-electron chi connectivity index (χ4n) is 5.07. The second-order valence-corrected chi connectivity index (χ2v) is 14.7. The molecule has 0 spiro atoms. The van der Waals surface area contributed by atoms with Gasteiger partial charge in [-0.15, -0.1) is 11.3 Å². The molecule has 3 N–H and O–H groups in total. The molecular formula is C36H36N2O5S2. The zero-order chi connectivity index (χ0) is 32.2. The molecule has 0 saturated heterocycles. The Hall–Kier alpha value is -4.31. The van der Waals surface area contributed by atoms with Crippen molar-refractivity contribution in [3.8, 4) is 10.4 Å². The number of amides is 2. The topological polar surface area (TPSA) is 113 Å². The van der Waals surface area contributed by atoms with Gasteiger partial charge in [-0.3, -0.25) is 14.1 Å². The van der Waals surface area contributed by atoms with E-state index in [2.05, 4.69) is 61.7 Å².